The Balaban J connectivity index is 1.84. The molecule has 5 heteroatoms. The van der Waals surface area contributed by atoms with Crippen LogP contribution in [-0.4, -0.2) is 33.7 Å². The zero-order valence-corrected chi connectivity index (χ0v) is 17.4. The Kier molecular flexibility index (Phi) is 6.02. The molecule has 0 unspecified atom stereocenters. The molecule has 1 N–H and O–H groups in total. The molecule has 1 aliphatic heterocycles. The molecular formula is C22H29NO3Si. The molecule has 1 amide bonds. The van der Waals surface area contributed by atoms with Crippen molar-refractivity contribution < 1.29 is 14.0 Å². The summed E-state index contributed by atoms with van der Waals surface area (Å²) >= 11 is 0. The van der Waals surface area contributed by atoms with Crippen molar-refractivity contribution in [2.24, 2.45) is 0 Å². The van der Waals surface area contributed by atoms with E-state index in [1.54, 1.807) is 0 Å². The lowest BCUT2D eigenvalue weighted by Crippen LogP contribution is -2.66. The third kappa shape index (κ3) is 4.25. The van der Waals surface area contributed by atoms with Gasteiger partial charge in [0.1, 0.15) is 6.61 Å². The number of amides is 1. The van der Waals surface area contributed by atoms with Gasteiger partial charge >= 0.3 is 6.09 Å². The normalized spacial score (nSPS) is 17.4. The lowest BCUT2D eigenvalue weighted by molar-refractivity contribution is 0.176. The summed E-state index contributed by atoms with van der Waals surface area (Å²) in [5.74, 6) is 0. The van der Waals surface area contributed by atoms with Gasteiger partial charge in [0.25, 0.3) is 8.32 Å². The maximum Gasteiger partial charge on any atom is 0.407 e. The largest absolute Gasteiger partial charge is 0.447 e. The molecule has 0 aliphatic carbocycles. The van der Waals surface area contributed by atoms with Gasteiger partial charge in [0, 0.05) is 6.61 Å². The predicted molar refractivity (Wildman–Crippen MR) is 111 cm³/mol. The van der Waals surface area contributed by atoms with Crippen LogP contribution < -0.4 is 15.7 Å². The highest BCUT2D eigenvalue weighted by Gasteiger charge is 2.49. The molecule has 0 saturated carbocycles. The van der Waals surface area contributed by atoms with E-state index in [2.05, 4.69) is 86.8 Å². The second kappa shape index (κ2) is 8.27. The van der Waals surface area contributed by atoms with Gasteiger partial charge in [0.15, 0.2) is 0 Å². The monoisotopic (exact) mass is 383 g/mol. The van der Waals surface area contributed by atoms with Gasteiger partial charge in [0.05, 0.1) is 6.04 Å². The third-order valence-electron chi connectivity index (χ3n) is 5.17. The average molecular weight is 384 g/mol. The summed E-state index contributed by atoms with van der Waals surface area (Å²) in [6.07, 6.45) is 1.44. The number of hydrogen-bond acceptors (Lipinski definition) is 3. The first kappa shape index (κ1) is 19.6. The Morgan fingerprint density at radius 1 is 1.04 bits per heavy atom. The number of ether oxygens (including phenoxy) is 1. The number of hydrogen-bond donors (Lipinski definition) is 1. The van der Waals surface area contributed by atoms with E-state index in [0.29, 0.717) is 13.2 Å². The lowest BCUT2D eigenvalue weighted by atomic mass is 10.2. The highest BCUT2D eigenvalue weighted by Crippen LogP contribution is 2.36. The average Bonchev–Trinajstić information content (AvgIpc) is 3.07. The Morgan fingerprint density at radius 2 is 1.59 bits per heavy atom. The molecule has 3 rings (SSSR count). The topological polar surface area (TPSA) is 47.6 Å². The van der Waals surface area contributed by atoms with Gasteiger partial charge in [-0.25, -0.2) is 4.79 Å². The van der Waals surface area contributed by atoms with E-state index in [9.17, 15) is 4.79 Å². The molecule has 0 spiro atoms. The highest BCUT2D eigenvalue weighted by molar-refractivity contribution is 6.99. The summed E-state index contributed by atoms with van der Waals surface area (Å²) in [4.78, 5) is 11.2. The maximum atomic E-state index is 11.2. The van der Waals surface area contributed by atoms with Crippen LogP contribution in [-0.2, 0) is 9.16 Å². The van der Waals surface area contributed by atoms with Crippen molar-refractivity contribution in [1.82, 2.24) is 5.32 Å². The number of alkyl carbamates (subject to hydrolysis) is 1. The van der Waals surface area contributed by atoms with Gasteiger partial charge in [-0.05, 0) is 28.3 Å². The van der Waals surface area contributed by atoms with E-state index >= 15 is 0 Å². The van der Waals surface area contributed by atoms with Gasteiger partial charge in [0.2, 0.25) is 0 Å². The minimum Gasteiger partial charge on any atom is -0.447 e. The minimum absolute atomic E-state index is 0.0135. The van der Waals surface area contributed by atoms with Crippen molar-refractivity contribution >= 4 is 24.8 Å². The highest BCUT2D eigenvalue weighted by atomic mass is 28.4. The molecule has 0 aromatic heterocycles. The molecule has 0 radical (unpaired) electrons. The van der Waals surface area contributed by atoms with Crippen LogP contribution in [0.4, 0.5) is 4.79 Å². The molecule has 2 aromatic carbocycles. The Labute approximate surface area is 163 Å². The number of carbonyl (C=O) groups excluding carboxylic acids is 1. The number of benzene rings is 2. The van der Waals surface area contributed by atoms with Crippen LogP contribution in [0.25, 0.3) is 0 Å². The summed E-state index contributed by atoms with van der Waals surface area (Å²) in [7, 11) is -2.46. The van der Waals surface area contributed by atoms with Crippen LogP contribution in [0.2, 0.25) is 5.04 Å². The van der Waals surface area contributed by atoms with Gasteiger partial charge in [-0.2, -0.15) is 0 Å². The molecule has 1 saturated heterocycles. The van der Waals surface area contributed by atoms with Gasteiger partial charge in [-0.15, -0.1) is 0 Å². The number of cyclic esters (lactones) is 1. The van der Waals surface area contributed by atoms with Crippen LogP contribution in [0.1, 0.15) is 33.6 Å². The van der Waals surface area contributed by atoms with E-state index in [0.717, 1.165) is 12.8 Å². The Morgan fingerprint density at radius 3 is 2.04 bits per heavy atom. The molecule has 2 aromatic rings. The van der Waals surface area contributed by atoms with Gasteiger partial charge < -0.3 is 14.5 Å². The number of carbonyl (C=O) groups is 1. The first-order valence-electron chi connectivity index (χ1n) is 9.62. The first-order valence-corrected chi connectivity index (χ1v) is 11.5. The summed E-state index contributed by atoms with van der Waals surface area (Å²) in [6, 6.07) is 21.4. The van der Waals surface area contributed by atoms with Crippen molar-refractivity contribution in [2.75, 3.05) is 13.2 Å². The fourth-order valence-electron chi connectivity index (χ4n) is 3.90. The van der Waals surface area contributed by atoms with E-state index in [1.165, 1.54) is 10.4 Å². The minimum atomic E-state index is -2.46. The zero-order chi connectivity index (χ0) is 19.3. The van der Waals surface area contributed by atoms with Crippen LogP contribution >= 0.6 is 0 Å². The lowest BCUT2D eigenvalue weighted by Gasteiger charge is -2.43. The number of rotatable bonds is 7. The quantitative estimate of drug-likeness (QED) is 0.588. The van der Waals surface area contributed by atoms with Gasteiger partial charge in [-0.1, -0.05) is 81.4 Å². The second-order valence-corrected chi connectivity index (χ2v) is 12.4. The summed E-state index contributed by atoms with van der Waals surface area (Å²) in [6.45, 7) is 7.97. The standard InChI is InChI=1S/C22H29NO3Si/c1-22(2,3)27(19-12-6-4-7-13-19,20-14-8-5-9-15-20)26-16-10-11-18-17-25-21(24)23-18/h4-9,12-15,18H,10-11,16-17H2,1-3H3,(H,23,24)/t18-/m0/s1. The molecule has 1 fully saturated rings. The van der Waals surface area contributed by atoms with Crippen LogP contribution in [0, 0.1) is 0 Å². The molecule has 0 bridgehead atoms. The maximum absolute atomic E-state index is 11.2. The first-order chi connectivity index (χ1) is 12.9. The third-order valence-corrected chi connectivity index (χ3v) is 10.2. The molecular weight excluding hydrogens is 354 g/mol. The molecule has 1 heterocycles. The number of nitrogens with one attached hydrogen (secondary N) is 1. The molecule has 144 valence electrons. The van der Waals surface area contributed by atoms with E-state index in [4.69, 9.17) is 9.16 Å². The van der Waals surface area contributed by atoms with Crippen molar-refractivity contribution in [1.29, 1.82) is 0 Å². The second-order valence-electron chi connectivity index (χ2n) is 8.09. The van der Waals surface area contributed by atoms with Crippen molar-refractivity contribution in [3.8, 4) is 0 Å². The van der Waals surface area contributed by atoms with Crippen LogP contribution in [0.3, 0.4) is 0 Å². The molecule has 1 aliphatic rings. The SMILES string of the molecule is CC(C)(C)[Si](OCCC[C@H]1COC(=O)N1)(c1ccccc1)c1ccccc1. The summed E-state index contributed by atoms with van der Waals surface area (Å²) in [5.41, 5.74) is 0. The molecule has 4 nitrogen and oxygen atoms in total. The van der Waals surface area contributed by atoms with E-state index < -0.39 is 8.32 Å². The summed E-state index contributed by atoms with van der Waals surface area (Å²) in [5, 5.41) is 5.41. The predicted octanol–water partition coefficient (Wildman–Crippen LogP) is 3.45. The van der Waals surface area contributed by atoms with E-state index in [-0.39, 0.29) is 17.2 Å². The van der Waals surface area contributed by atoms with Crippen molar-refractivity contribution in [3.05, 3.63) is 60.7 Å². The zero-order valence-electron chi connectivity index (χ0n) is 16.4. The van der Waals surface area contributed by atoms with Crippen LogP contribution in [0.5, 0.6) is 0 Å². The Bertz CT molecular complexity index is 704. The van der Waals surface area contributed by atoms with Crippen LogP contribution in [0.15, 0.2) is 60.7 Å². The van der Waals surface area contributed by atoms with Crippen molar-refractivity contribution in [2.45, 2.75) is 44.7 Å². The van der Waals surface area contributed by atoms with E-state index in [1.807, 2.05) is 0 Å². The smallest absolute Gasteiger partial charge is 0.407 e. The van der Waals surface area contributed by atoms with Gasteiger partial charge in [-0.3, -0.25) is 0 Å². The fraction of sp³-hybridized carbons (Fsp3) is 0.409. The summed E-state index contributed by atoms with van der Waals surface area (Å²) < 4.78 is 11.8. The fourth-order valence-corrected chi connectivity index (χ4v) is 8.50. The molecule has 1 atom stereocenters. The molecule has 27 heavy (non-hydrogen) atoms. The van der Waals surface area contributed by atoms with Crippen molar-refractivity contribution in [3.63, 3.8) is 0 Å². The Hall–Kier alpha value is -2.11.